The van der Waals surface area contributed by atoms with Crippen molar-refractivity contribution < 1.29 is 18.4 Å². The average Bonchev–Trinajstić information content (AvgIpc) is 3.17. The van der Waals surface area contributed by atoms with Crippen LogP contribution in [0.25, 0.3) is 11.5 Å². The Morgan fingerprint density at radius 1 is 1.07 bits per heavy atom. The molecule has 0 aliphatic carbocycles. The molecule has 0 saturated heterocycles. The maximum Gasteiger partial charge on any atom is 0.247 e. The summed E-state index contributed by atoms with van der Waals surface area (Å²) < 4.78 is 18.5. The Bertz CT molecular complexity index is 984. The van der Waals surface area contributed by atoms with Gasteiger partial charge in [0.15, 0.2) is 0 Å². The summed E-state index contributed by atoms with van der Waals surface area (Å²) in [6, 6.07) is 13.1. The number of carbonyl (C=O) groups is 2. The number of amides is 2. The maximum atomic E-state index is 12.9. The second kappa shape index (κ2) is 9.09. The first kappa shape index (κ1) is 20.2. The molecule has 3 aromatic rings. The van der Waals surface area contributed by atoms with Crippen molar-refractivity contribution in [1.82, 2.24) is 15.1 Å². The lowest BCUT2D eigenvalue weighted by atomic mass is 10.1. The third kappa shape index (κ3) is 5.71. The highest BCUT2D eigenvalue weighted by molar-refractivity contribution is 5.94. The molecule has 7 nitrogen and oxygen atoms in total. The Balaban J connectivity index is 1.48. The van der Waals surface area contributed by atoms with Gasteiger partial charge >= 0.3 is 0 Å². The van der Waals surface area contributed by atoms with Crippen LogP contribution in [0.4, 0.5) is 10.1 Å². The van der Waals surface area contributed by atoms with Gasteiger partial charge in [0.25, 0.3) is 0 Å². The van der Waals surface area contributed by atoms with E-state index in [9.17, 15) is 14.0 Å². The number of hydrogen-bond acceptors (Lipinski definition) is 5. The normalized spacial score (nSPS) is 10.6. The summed E-state index contributed by atoms with van der Waals surface area (Å²) in [7, 11) is 1.54. The van der Waals surface area contributed by atoms with Crippen LogP contribution < -0.4 is 5.32 Å². The zero-order chi connectivity index (χ0) is 20.8. The molecular weight excluding hydrogens is 375 g/mol. The van der Waals surface area contributed by atoms with Gasteiger partial charge in [-0.15, -0.1) is 10.2 Å². The summed E-state index contributed by atoms with van der Waals surface area (Å²) in [5.74, 6) is -0.222. The molecule has 0 spiro atoms. The number of carbonyl (C=O) groups excluding carboxylic acids is 2. The standard InChI is InChI=1S/C21H21FN4O3/c1-14-3-5-15(6-4-14)21-25-24-19(29-21)11-12-20(28)26(2)13-18(27)23-17-9-7-16(22)8-10-17/h3-10H,11-13H2,1-2H3,(H,23,27). The van der Waals surface area contributed by atoms with Gasteiger partial charge in [-0.2, -0.15) is 0 Å². The largest absolute Gasteiger partial charge is 0.421 e. The molecule has 29 heavy (non-hydrogen) atoms. The number of hydrogen-bond donors (Lipinski definition) is 1. The van der Waals surface area contributed by atoms with E-state index in [1.54, 1.807) is 0 Å². The van der Waals surface area contributed by atoms with Gasteiger partial charge in [0, 0.05) is 31.1 Å². The fourth-order valence-corrected chi connectivity index (χ4v) is 2.61. The van der Waals surface area contributed by atoms with Crippen molar-refractivity contribution in [2.45, 2.75) is 19.8 Å². The van der Waals surface area contributed by atoms with Crippen molar-refractivity contribution in [3.63, 3.8) is 0 Å². The highest BCUT2D eigenvalue weighted by atomic mass is 19.1. The molecule has 3 rings (SSSR count). The van der Waals surface area contributed by atoms with Crippen LogP contribution in [0.3, 0.4) is 0 Å². The van der Waals surface area contributed by atoms with Gasteiger partial charge in [0.1, 0.15) is 5.82 Å². The predicted octanol–water partition coefficient (Wildman–Crippen LogP) is 3.21. The van der Waals surface area contributed by atoms with Crippen molar-refractivity contribution >= 4 is 17.5 Å². The first-order valence-corrected chi connectivity index (χ1v) is 9.09. The zero-order valence-electron chi connectivity index (χ0n) is 16.2. The number of halogens is 1. The van der Waals surface area contributed by atoms with Gasteiger partial charge in [-0.25, -0.2) is 4.39 Å². The van der Waals surface area contributed by atoms with E-state index in [1.807, 2.05) is 31.2 Å². The molecule has 1 heterocycles. The van der Waals surface area contributed by atoms with E-state index in [0.717, 1.165) is 11.1 Å². The van der Waals surface area contributed by atoms with Gasteiger partial charge < -0.3 is 14.6 Å². The molecule has 0 atom stereocenters. The summed E-state index contributed by atoms with van der Waals surface area (Å²) in [5, 5.41) is 10.6. The number of aryl methyl sites for hydroxylation is 2. The van der Waals surface area contributed by atoms with Crippen molar-refractivity contribution in [3.05, 3.63) is 65.8 Å². The zero-order valence-corrected chi connectivity index (χ0v) is 16.2. The quantitative estimate of drug-likeness (QED) is 0.663. The second-order valence-corrected chi connectivity index (χ2v) is 6.67. The number of anilines is 1. The summed E-state index contributed by atoms with van der Waals surface area (Å²) in [6.07, 6.45) is 0.414. The van der Waals surface area contributed by atoms with E-state index in [1.165, 1.54) is 36.2 Å². The Morgan fingerprint density at radius 3 is 2.45 bits per heavy atom. The fourth-order valence-electron chi connectivity index (χ4n) is 2.61. The van der Waals surface area contributed by atoms with Crippen molar-refractivity contribution in [3.8, 4) is 11.5 Å². The van der Waals surface area contributed by atoms with Crippen LogP contribution in [0, 0.1) is 12.7 Å². The summed E-state index contributed by atoms with van der Waals surface area (Å²) in [4.78, 5) is 25.6. The molecule has 8 heteroatoms. The molecule has 1 N–H and O–H groups in total. The van der Waals surface area contributed by atoms with E-state index in [0.29, 0.717) is 17.5 Å². The maximum absolute atomic E-state index is 12.9. The van der Waals surface area contributed by atoms with Crippen LogP contribution in [0.15, 0.2) is 52.9 Å². The average molecular weight is 396 g/mol. The van der Waals surface area contributed by atoms with E-state index >= 15 is 0 Å². The summed E-state index contributed by atoms with van der Waals surface area (Å²) >= 11 is 0. The van der Waals surface area contributed by atoms with Gasteiger partial charge in [-0.1, -0.05) is 17.7 Å². The van der Waals surface area contributed by atoms with Crippen LogP contribution in [0.2, 0.25) is 0 Å². The molecule has 0 fully saturated rings. The Morgan fingerprint density at radius 2 is 1.76 bits per heavy atom. The first-order chi connectivity index (χ1) is 13.9. The molecule has 0 radical (unpaired) electrons. The number of nitrogens with one attached hydrogen (secondary N) is 1. The molecular formula is C21H21FN4O3. The Kier molecular flexibility index (Phi) is 6.33. The van der Waals surface area contributed by atoms with E-state index in [2.05, 4.69) is 15.5 Å². The molecule has 0 unspecified atom stereocenters. The Hall–Kier alpha value is -3.55. The smallest absolute Gasteiger partial charge is 0.247 e. The SMILES string of the molecule is Cc1ccc(-c2nnc(CCC(=O)N(C)CC(=O)Nc3ccc(F)cc3)o2)cc1. The molecule has 0 saturated carbocycles. The van der Waals surface area contributed by atoms with Crippen LogP contribution in [-0.2, 0) is 16.0 Å². The van der Waals surface area contributed by atoms with E-state index in [4.69, 9.17) is 4.42 Å². The lowest BCUT2D eigenvalue weighted by Crippen LogP contribution is -2.35. The van der Waals surface area contributed by atoms with E-state index < -0.39 is 0 Å². The molecule has 2 aromatic carbocycles. The predicted molar refractivity (Wildman–Crippen MR) is 105 cm³/mol. The number of benzene rings is 2. The van der Waals surface area contributed by atoms with Gasteiger partial charge in [0.2, 0.25) is 23.6 Å². The number of rotatable bonds is 7. The van der Waals surface area contributed by atoms with Gasteiger partial charge in [-0.05, 0) is 43.3 Å². The molecule has 2 amide bonds. The number of nitrogens with zero attached hydrogens (tertiary/aromatic N) is 3. The van der Waals surface area contributed by atoms with Crippen LogP contribution in [0.5, 0.6) is 0 Å². The summed E-state index contributed by atoms with van der Waals surface area (Å²) in [6.45, 7) is 1.87. The lowest BCUT2D eigenvalue weighted by molar-refractivity contribution is -0.133. The number of aromatic nitrogens is 2. The monoisotopic (exact) mass is 396 g/mol. The van der Waals surface area contributed by atoms with Crippen LogP contribution >= 0.6 is 0 Å². The van der Waals surface area contributed by atoms with Crippen LogP contribution in [-0.4, -0.2) is 40.5 Å². The highest BCUT2D eigenvalue weighted by Crippen LogP contribution is 2.18. The molecule has 1 aromatic heterocycles. The summed E-state index contributed by atoms with van der Waals surface area (Å²) in [5.41, 5.74) is 2.41. The third-order valence-corrected chi connectivity index (χ3v) is 4.25. The lowest BCUT2D eigenvalue weighted by Gasteiger charge is -2.16. The minimum Gasteiger partial charge on any atom is -0.421 e. The number of likely N-dealkylation sites (N-methyl/N-ethyl adjacent to an activating group) is 1. The van der Waals surface area contributed by atoms with Crippen LogP contribution in [0.1, 0.15) is 17.9 Å². The minimum absolute atomic E-state index is 0.116. The molecule has 0 aliphatic heterocycles. The third-order valence-electron chi connectivity index (χ3n) is 4.25. The fraction of sp³-hybridized carbons (Fsp3) is 0.238. The second-order valence-electron chi connectivity index (χ2n) is 6.67. The Labute approximate surface area is 167 Å². The topological polar surface area (TPSA) is 88.3 Å². The molecule has 150 valence electrons. The van der Waals surface area contributed by atoms with Crippen molar-refractivity contribution in [2.75, 3.05) is 18.9 Å². The molecule has 0 aliphatic rings. The first-order valence-electron chi connectivity index (χ1n) is 9.09. The van der Waals surface area contributed by atoms with Gasteiger partial charge in [0.05, 0.1) is 6.54 Å². The molecule has 0 bridgehead atoms. The van der Waals surface area contributed by atoms with Crippen molar-refractivity contribution in [2.24, 2.45) is 0 Å². The van der Waals surface area contributed by atoms with Gasteiger partial charge in [-0.3, -0.25) is 9.59 Å². The minimum atomic E-state index is -0.387. The van der Waals surface area contributed by atoms with Crippen molar-refractivity contribution in [1.29, 1.82) is 0 Å². The highest BCUT2D eigenvalue weighted by Gasteiger charge is 2.15. The van der Waals surface area contributed by atoms with E-state index in [-0.39, 0.29) is 37.0 Å².